The molecule has 110 valence electrons. The van der Waals surface area contributed by atoms with E-state index in [-0.39, 0.29) is 0 Å². The maximum Gasteiger partial charge on any atom is 0.153 e. The topological polar surface area (TPSA) is 81.7 Å². The van der Waals surface area contributed by atoms with Gasteiger partial charge >= 0.3 is 0 Å². The van der Waals surface area contributed by atoms with Gasteiger partial charge in [-0.3, -0.25) is 4.68 Å². The van der Waals surface area contributed by atoms with E-state index >= 15 is 0 Å². The average Bonchev–Trinajstić information content (AvgIpc) is 3.12. The van der Waals surface area contributed by atoms with Gasteiger partial charge in [-0.15, -0.1) is 11.3 Å². The van der Waals surface area contributed by atoms with Crippen LogP contribution in [0.4, 0.5) is 5.82 Å². The molecule has 0 saturated heterocycles. The fourth-order valence-corrected chi connectivity index (χ4v) is 3.11. The molecule has 3 aromatic heterocycles. The third kappa shape index (κ3) is 2.62. The molecule has 0 bridgehead atoms. The van der Waals surface area contributed by atoms with Gasteiger partial charge in [0.25, 0.3) is 0 Å². The van der Waals surface area contributed by atoms with Crippen LogP contribution in [-0.2, 0) is 19.4 Å². The van der Waals surface area contributed by atoms with Crippen molar-refractivity contribution in [2.24, 2.45) is 5.84 Å². The van der Waals surface area contributed by atoms with Gasteiger partial charge in [-0.1, -0.05) is 13.8 Å². The molecule has 3 N–H and O–H groups in total. The van der Waals surface area contributed by atoms with Crippen molar-refractivity contribution in [3.63, 3.8) is 0 Å². The number of aromatic nitrogens is 4. The summed E-state index contributed by atoms with van der Waals surface area (Å²) in [6.45, 7) is 4.80. The van der Waals surface area contributed by atoms with Crippen molar-refractivity contribution < 1.29 is 0 Å². The van der Waals surface area contributed by atoms with Crippen LogP contribution in [0.25, 0.3) is 10.2 Å². The van der Waals surface area contributed by atoms with Gasteiger partial charge < -0.3 is 5.43 Å². The Kier molecular flexibility index (Phi) is 3.85. The van der Waals surface area contributed by atoms with Crippen LogP contribution in [0, 0.1) is 0 Å². The molecule has 0 atom stereocenters. The second kappa shape index (κ2) is 5.79. The molecule has 3 aromatic rings. The Morgan fingerprint density at radius 3 is 2.86 bits per heavy atom. The smallest absolute Gasteiger partial charge is 0.153 e. The summed E-state index contributed by atoms with van der Waals surface area (Å²) in [7, 11) is 0. The molecule has 0 aromatic carbocycles. The summed E-state index contributed by atoms with van der Waals surface area (Å²) in [6, 6.07) is 4.12. The molecule has 0 aliphatic heterocycles. The number of fused-ring (bicyclic) bond motifs is 1. The predicted octanol–water partition coefficient (Wildman–Crippen LogP) is 2.35. The van der Waals surface area contributed by atoms with Crippen LogP contribution in [0.3, 0.4) is 0 Å². The third-order valence-corrected chi connectivity index (χ3v) is 4.24. The molecular formula is C14H18N6S. The van der Waals surface area contributed by atoms with Gasteiger partial charge in [0.2, 0.25) is 0 Å². The maximum absolute atomic E-state index is 5.56. The van der Waals surface area contributed by atoms with Crippen LogP contribution >= 0.6 is 11.3 Å². The van der Waals surface area contributed by atoms with E-state index in [4.69, 9.17) is 5.84 Å². The van der Waals surface area contributed by atoms with Crippen molar-refractivity contribution in [2.45, 2.75) is 33.2 Å². The predicted molar refractivity (Wildman–Crippen MR) is 85.3 cm³/mol. The highest BCUT2D eigenvalue weighted by molar-refractivity contribution is 7.16. The number of aryl methyl sites for hydroxylation is 2. The maximum atomic E-state index is 5.56. The molecule has 0 spiro atoms. The highest BCUT2D eigenvalue weighted by Gasteiger charge is 2.11. The lowest BCUT2D eigenvalue weighted by Crippen LogP contribution is -2.13. The number of hydrazine groups is 1. The molecule has 0 saturated carbocycles. The lowest BCUT2D eigenvalue weighted by Gasteiger charge is -2.07. The molecule has 21 heavy (non-hydrogen) atoms. The summed E-state index contributed by atoms with van der Waals surface area (Å²) in [6.07, 6.45) is 1.87. The summed E-state index contributed by atoms with van der Waals surface area (Å²) in [5.41, 5.74) is 4.95. The first-order chi connectivity index (χ1) is 10.2. The molecule has 0 aliphatic carbocycles. The van der Waals surface area contributed by atoms with Gasteiger partial charge in [-0.05, 0) is 30.4 Å². The van der Waals surface area contributed by atoms with Crippen LogP contribution in [-0.4, -0.2) is 19.7 Å². The number of hydrogen-bond acceptors (Lipinski definition) is 6. The Morgan fingerprint density at radius 1 is 1.29 bits per heavy atom. The second-order valence-corrected chi connectivity index (χ2v) is 5.66. The Morgan fingerprint density at radius 2 is 2.14 bits per heavy atom. The van der Waals surface area contributed by atoms with E-state index in [0.717, 1.165) is 34.6 Å². The summed E-state index contributed by atoms with van der Waals surface area (Å²) < 4.78 is 1.98. The molecule has 0 fully saturated rings. The number of hydrogen-bond donors (Lipinski definition) is 2. The van der Waals surface area contributed by atoms with Crippen molar-refractivity contribution in [3.8, 4) is 0 Å². The standard InChI is InChI=1S/C14H18N6S/c1-3-9-7-10(4-2)20(19-9)8-12-16-13(18-15)11-5-6-21-14(11)17-12/h5-7H,3-4,8,15H2,1-2H3,(H,16,17,18). The van der Waals surface area contributed by atoms with Crippen molar-refractivity contribution in [3.05, 3.63) is 34.7 Å². The van der Waals surface area contributed by atoms with Crippen molar-refractivity contribution in [1.82, 2.24) is 19.7 Å². The molecule has 7 heteroatoms. The molecule has 0 radical (unpaired) electrons. The zero-order valence-corrected chi connectivity index (χ0v) is 12.9. The molecule has 0 unspecified atom stereocenters. The molecular weight excluding hydrogens is 284 g/mol. The van der Waals surface area contributed by atoms with E-state index in [1.807, 2.05) is 16.1 Å². The molecule has 0 amide bonds. The van der Waals surface area contributed by atoms with E-state index in [1.165, 1.54) is 5.69 Å². The minimum Gasteiger partial charge on any atom is -0.308 e. The largest absolute Gasteiger partial charge is 0.308 e. The fourth-order valence-electron chi connectivity index (χ4n) is 2.32. The lowest BCUT2D eigenvalue weighted by atomic mass is 10.2. The monoisotopic (exact) mass is 302 g/mol. The summed E-state index contributed by atoms with van der Waals surface area (Å²) in [5.74, 6) is 6.95. The highest BCUT2D eigenvalue weighted by Crippen LogP contribution is 2.24. The first-order valence-corrected chi connectivity index (χ1v) is 7.89. The average molecular weight is 302 g/mol. The fraction of sp³-hybridized carbons (Fsp3) is 0.357. The number of thiophene rings is 1. The number of nitrogen functional groups attached to an aromatic ring is 1. The minimum absolute atomic E-state index is 0.561. The molecule has 6 nitrogen and oxygen atoms in total. The SMILES string of the molecule is CCc1cc(CC)n(Cc2nc(NN)c3ccsc3n2)n1. The summed E-state index contributed by atoms with van der Waals surface area (Å²) >= 11 is 1.58. The van der Waals surface area contributed by atoms with E-state index in [9.17, 15) is 0 Å². The van der Waals surface area contributed by atoms with E-state index in [2.05, 4.69) is 40.4 Å². The normalized spacial score (nSPS) is 11.2. The quantitative estimate of drug-likeness (QED) is 0.558. The number of nitrogens with zero attached hydrogens (tertiary/aromatic N) is 4. The zero-order valence-electron chi connectivity index (χ0n) is 12.1. The number of rotatable bonds is 5. The minimum atomic E-state index is 0.561. The molecule has 3 heterocycles. The number of nitrogens with one attached hydrogen (secondary N) is 1. The van der Waals surface area contributed by atoms with E-state index in [0.29, 0.717) is 12.4 Å². The highest BCUT2D eigenvalue weighted by atomic mass is 32.1. The van der Waals surface area contributed by atoms with Crippen molar-refractivity contribution in [2.75, 3.05) is 5.43 Å². The van der Waals surface area contributed by atoms with Gasteiger partial charge in [0, 0.05) is 5.69 Å². The van der Waals surface area contributed by atoms with Crippen molar-refractivity contribution in [1.29, 1.82) is 0 Å². The Balaban J connectivity index is 1.99. The van der Waals surface area contributed by atoms with Gasteiger partial charge in [0.05, 0.1) is 11.1 Å². The van der Waals surface area contributed by atoms with E-state index in [1.54, 1.807) is 11.3 Å². The second-order valence-electron chi connectivity index (χ2n) is 4.76. The van der Waals surface area contributed by atoms with Gasteiger partial charge in [0.1, 0.15) is 11.4 Å². The van der Waals surface area contributed by atoms with E-state index < -0.39 is 0 Å². The lowest BCUT2D eigenvalue weighted by molar-refractivity contribution is 0.619. The summed E-state index contributed by atoms with van der Waals surface area (Å²) in [5, 5.41) is 7.55. The van der Waals surface area contributed by atoms with Crippen LogP contribution in [0.15, 0.2) is 17.5 Å². The van der Waals surface area contributed by atoms with Gasteiger partial charge in [0.15, 0.2) is 11.6 Å². The first-order valence-electron chi connectivity index (χ1n) is 7.01. The molecule has 3 rings (SSSR count). The zero-order chi connectivity index (χ0) is 14.8. The van der Waals surface area contributed by atoms with Crippen LogP contribution in [0.1, 0.15) is 31.1 Å². The third-order valence-electron chi connectivity index (χ3n) is 3.44. The van der Waals surface area contributed by atoms with Crippen LogP contribution in [0.2, 0.25) is 0 Å². The van der Waals surface area contributed by atoms with Crippen molar-refractivity contribution >= 4 is 27.4 Å². The van der Waals surface area contributed by atoms with Gasteiger partial charge in [-0.2, -0.15) is 5.10 Å². The Hall–Kier alpha value is -1.99. The Labute approximate surface area is 127 Å². The number of anilines is 1. The molecule has 0 aliphatic rings. The number of nitrogens with two attached hydrogens (primary N) is 1. The van der Waals surface area contributed by atoms with Crippen LogP contribution < -0.4 is 11.3 Å². The van der Waals surface area contributed by atoms with Crippen LogP contribution in [0.5, 0.6) is 0 Å². The summed E-state index contributed by atoms with van der Waals surface area (Å²) in [4.78, 5) is 10.0. The Bertz CT molecular complexity index is 760. The first kappa shape index (κ1) is 14.0. The van der Waals surface area contributed by atoms with Gasteiger partial charge in [-0.25, -0.2) is 15.8 Å².